The Labute approximate surface area is 150 Å². The standard InChI is InChI=1S/C16H18FN3O2S.ClH/c17-12-3-1-11(2-4-12)7-14-9-19-16(23-14)20-15(21)8-13-10-22-6-5-18-13;/h1-4,9,13,18H,5-8,10H2,(H,19,20,21);1H. The lowest BCUT2D eigenvalue weighted by atomic mass is 10.1. The Kier molecular flexibility index (Phi) is 7.11. The molecule has 5 nitrogen and oxygen atoms in total. The van der Waals surface area contributed by atoms with Crippen LogP contribution in [0.1, 0.15) is 16.9 Å². The van der Waals surface area contributed by atoms with Crippen molar-refractivity contribution in [1.29, 1.82) is 0 Å². The van der Waals surface area contributed by atoms with E-state index in [1.165, 1.54) is 23.5 Å². The first-order valence-corrected chi connectivity index (χ1v) is 8.31. The third kappa shape index (κ3) is 5.52. The Morgan fingerprint density at radius 3 is 2.92 bits per heavy atom. The van der Waals surface area contributed by atoms with Gasteiger partial charge in [-0.2, -0.15) is 0 Å². The zero-order chi connectivity index (χ0) is 16.1. The number of aromatic nitrogens is 1. The first-order valence-electron chi connectivity index (χ1n) is 7.49. The molecule has 1 aromatic heterocycles. The maximum atomic E-state index is 12.9. The Hall–Kier alpha value is -1.54. The summed E-state index contributed by atoms with van der Waals surface area (Å²) in [6, 6.07) is 6.45. The number of halogens is 2. The van der Waals surface area contributed by atoms with Crippen molar-refractivity contribution in [2.45, 2.75) is 18.9 Å². The Bertz CT molecular complexity index is 660. The number of nitrogens with zero attached hydrogens (tertiary/aromatic N) is 1. The lowest BCUT2D eigenvalue weighted by molar-refractivity contribution is -0.117. The molecule has 8 heteroatoms. The van der Waals surface area contributed by atoms with Crippen LogP contribution < -0.4 is 10.6 Å². The number of anilines is 1. The van der Waals surface area contributed by atoms with Gasteiger partial charge in [0.05, 0.1) is 13.2 Å². The fourth-order valence-corrected chi connectivity index (χ4v) is 3.26. The molecule has 3 rings (SSSR count). The lowest BCUT2D eigenvalue weighted by Gasteiger charge is -2.22. The molecule has 24 heavy (non-hydrogen) atoms. The monoisotopic (exact) mass is 371 g/mol. The van der Waals surface area contributed by atoms with Crippen LogP contribution in [0.3, 0.4) is 0 Å². The number of benzene rings is 1. The van der Waals surface area contributed by atoms with Crippen molar-refractivity contribution in [3.8, 4) is 0 Å². The molecule has 1 aromatic carbocycles. The fourth-order valence-electron chi connectivity index (χ4n) is 2.40. The number of morpholine rings is 1. The number of thiazole rings is 1. The van der Waals surface area contributed by atoms with E-state index in [2.05, 4.69) is 15.6 Å². The molecule has 0 bridgehead atoms. The van der Waals surface area contributed by atoms with Gasteiger partial charge in [0.2, 0.25) is 5.91 Å². The van der Waals surface area contributed by atoms with E-state index in [1.54, 1.807) is 18.3 Å². The summed E-state index contributed by atoms with van der Waals surface area (Å²) in [6.45, 7) is 2.02. The van der Waals surface area contributed by atoms with E-state index in [1.807, 2.05) is 0 Å². The molecule has 1 atom stereocenters. The molecular weight excluding hydrogens is 353 g/mol. The predicted molar refractivity (Wildman–Crippen MR) is 94.4 cm³/mol. The lowest BCUT2D eigenvalue weighted by Crippen LogP contribution is -2.43. The summed E-state index contributed by atoms with van der Waals surface area (Å²) in [7, 11) is 0. The second kappa shape index (κ2) is 9.08. The van der Waals surface area contributed by atoms with E-state index in [-0.39, 0.29) is 30.2 Å². The number of carbonyl (C=O) groups excluding carboxylic acids is 1. The van der Waals surface area contributed by atoms with Crippen molar-refractivity contribution in [2.75, 3.05) is 25.1 Å². The quantitative estimate of drug-likeness (QED) is 0.848. The SMILES string of the molecule is Cl.O=C(CC1COCCN1)Nc1ncc(Cc2ccc(F)cc2)s1. The van der Waals surface area contributed by atoms with Crippen LogP contribution in [0.25, 0.3) is 0 Å². The van der Waals surface area contributed by atoms with Crippen molar-refractivity contribution in [1.82, 2.24) is 10.3 Å². The fraction of sp³-hybridized carbons (Fsp3) is 0.375. The van der Waals surface area contributed by atoms with Crippen molar-refractivity contribution in [2.24, 2.45) is 0 Å². The molecule has 1 saturated heterocycles. The van der Waals surface area contributed by atoms with Gasteiger partial charge in [-0.05, 0) is 17.7 Å². The molecule has 2 aromatic rings. The zero-order valence-electron chi connectivity index (χ0n) is 13.0. The number of nitrogens with one attached hydrogen (secondary N) is 2. The zero-order valence-corrected chi connectivity index (χ0v) is 14.6. The Balaban J connectivity index is 0.00000208. The summed E-state index contributed by atoms with van der Waals surface area (Å²) in [5, 5.41) is 6.65. The number of carbonyl (C=O) groups is 1. The van der Waals surface area contributed by atoms with Crippen LogP contribution in [0.15, 0.2) is 30.5 Å². The summed E-state index contributed by atoms with van der Waals surface area (Å²) in [6.07, 6.45) is 2.78. The molecule has 1 amide bonds. The summed E-state index contributed by atoms with van der Waals surface area (Å²) in [4.78, 5) is 17.2. The third-order valence-corrected chi connectivity index (χ3v) is 4.43. The second-order valence-electron chi connectivity index (χ2n) is 5.41. The highest BCUT2D eigenvalue weighted by Gasteiger charge is 2.17. The molecule has 2 N–H and O–H groups in total. The van der Waals surface area contributed by atoms with Crippen LogP contribution >= 0.6 is 23.7 Å². The third-order valence-electron chi connectivity index (χ3n) is 3.52. The first kappa shape index (κ1) is 18.8. The van der Waals surface area contributed by atoms with Crippen molar-refractivity contribution >= 4 is 34.8 Å². The molecule has 1 unspecified atom stereocenters. The smallest absolute Gasteiger partial charge is 0.227 e. The van der Waals surface area contributed by atoms with Crippen molar-refractivity contribution in [3.05, 3.63) is 46.7 Å². The van der Waals surface area contributed by atoms with Crippen LogP contribution in [-0.2, 0) is 16.0 Å². The van der Waals surface area contributed by atoms with Gasteiger partial charge in [0.25, 0.3) is 0 Å². The number of hydrogen-bond donors (Lipinski definition) is 2. The number of hydrogen-bond acceptors (Lipinski definition) is 5. The van der Waals surface area contributed by atoms with Gasteiger partial charge < -0.3 is 15.4 Å². The highest BCUT2D eigenvalue weighted by molar-refractivity contribution is 7.15. The van der Waals surface area contributed by atoms with Crippen LogP contribution in [0.2, 0.25) is 0 Å². The molecular formula is C16H19ClFN3O2S. The van der Waals surface area contributed by atoms with Gasteiger partial charge in [-0.3, -0.25) is 4.79 Å². The number of amides is 1. The van der Waals surface area contributed by atoms with Crippen LogP contribution in [-0.4, -0.2) is 36.7 Å². The molecule has 0 radical (unpaired) electrons. The van der Waals surface area contributed by atoms with E-state index in [0.717, 1.165) is 17.0 Å². The number of rotatable bonds is 5. The van der Waals surface area contributed by atoms with E-state index in [9.17, 15) is 9.18 Å². The van der Waals surface area contributed by atoms with E-state index >= 15 is 0 Å². The molecule has 0 spiro atoms. The van der Waals surface area contributed by atoms with Gasteiger partial charge in [0.1, 0.15) is 5.82 Å². The first-order chi connectivity index (χ1) is 11.2. The molecule has 1 aliphatic rings. The summed E-state index contributed by atoms with van der Waals surface area (Å²) >= 11 is 1.43. The summed E-state index contributed by atoms with van der Waals surface area (Å²) in [5.41, 5.74) is 1.01. The van der Waals surface area contributed by atoms with Gasteiger partial charge in [-0.15, -0.1) is 23.7 Å². The average molecular weight is 372 g/mol. The topological polar surface area (TPSA) is 63.2 Å². The summed E-state index contributed by atoms with van der Waals surface area (Å²) < 4.78 is 18.2. The molecule has 0 saturated carbocycles. The van der Waals surface area contributed by atoms with E-state index in [4.69, 9.17) is 4.74 Å². The van der Waals surface area contributed by atoms with Crippen LogP contribution in [0, 0.1) is 5.82 Å². The van der Waals surface area contributed by atoms with Gasteiger partial charge in [-0.1, -0.05) is 12.1 Å². The largest absolute Gasteiger partial charge is 0.378 e. The second-order valence-corrected chi connectivity index (χ2v) is 6.53. The molecule has 0 aliphatic carbocycles. The van der Waals surface area contributed by atoms with Gasteiger partial charge in [0, 0.05) is 36.5 Å². The molecule has 1 fully saturated rings. The molecule has 130 valence electrons. The minimum atomic E-state index is -0.244. The summed E-state index contributed by atoms with van der Waals surface area (Å²) in [5.74, 6) is -0.318. The highest BCUT2D eigenvalue weighted by atomic mass is 35.5. The Morgan fingerprint density at radius 1 is 1.42 bits per heavy atom. The minimum Gasteiger partial charge on any atom is -0.378 e. The van der Waals surface area contributed by atoms with E-state index < -0.39 is 0 Å². The minimum absolute atomic E-state index is 0. The Morgan fingerprint density at radius 2 is 2.21 bits per heavy atom. The van der Waals surface area contributed by atoms with E-state index in [0.29, 0.717) is 31.2 Å². The van der Waals surface area contributed by atoms with Crippen LogP contribution in [0.4, 0.5) is 9.52 Å². The molecule has 2 heterocycles. The molecule has 1 aliphatic heterocycles. The van der Waals surface area contributed by atoms with Gasteiger partial charge in [-0.25, -0.2) is 9.37 Å². The maximum absolute atomic E-state index is 12.9. The predicted octanol–water partition coefficient (Wildman–Crippen LogP) is 2.61. The number of ether oxygens (including phenoxy) is 1. The maximum Gasteiger partial charge on any atom is 0.227 e. The van der Waals surface area contributed by atoms with Crippen molar-refractivity contribution in [3.63, 3.8) is 0 Å². The normalized spacial score (nSPS) is 17.1. The van der Waals surface area contributed by atoms with Crippen molar-refractivity contribution < 1.29 is 13.9 Å². The van der Waals surface area contributed by atoms with Gasteiger partial charge >= 0.3 is 0 Å². The highest BCUT2D eigenvalue weighted by Crippen LogP contribution is 2.21. The average Bonchev–Trinajstić information content (AvgIpc) is 2.97. The van der Waals surface area contributed by atoms with Crippen LogP contribution in [0.5, 0.6) is 0 Å². The van der Waals surface area contributed by atoms with Gasteiger partial charge in [0.15, 0.2) is 5.13 Å².